The molecule has 7 nitrogen and oxygen atoms in total. The fourth-order valence-electron chi connectivity index (χ4n) is 5.82. The molecule has 0 heterocycles. The van der Waals surface area contributed by atoms with E-state index in [9.17, 15) is 19.7 Å². The average Bonchev–Trinajstić information content (AvgIpc) is 2.88. The van der Waals surface area contributed by atoms with Crippen LogP contribution in [-0.4, -0.2) is 22.9 Å². The molecule has 5 atom stereocenters. The van der Waals surface area contributed by atoms with E-state index in [4.69, 9.17) is 9.57 Å². The van der Waals surface area contributed by atoms with Gasteiger partial charge in [0.05, 0.1) is 0 Å². The van der Waals surface area contributed by atoms with E-state index in [1.54, 1.807) is 6.07 Å². The van der Waals surface area contributed by atoms with Crippen LogP contribution in [0.2, 0.25) is 0 Å². The van der Waals surface area contributed by atoms with E-state index in [2.05, 4.69) is 0 Å². The third-order valence-corrected chi connectivity index (χ3v) is 6.85. The SMILES string of the molecule is CC(=O)Oc1ccc2c(c1)CC[C@@H]1[C@@H]2[C@@H](O[N+](=O)[O-])C[C@]2(C)C(=O)CC[C@@H]12. The fourth-order valence-corrected chi connectivity index (χ4v) is 5.82. The van der Waals surface area contributed by atoms with Gasteiger partial charge >= 0.3 is 5.97 Å². The molecule has 144 valence electrons. The number of fused-ring (bicyclic) bond motifs is 5. The van der Waals surface area contributed by atoms with Gasteiger partial charge in [-0.2, -0.15) is 0 Å². The van der Waals surface area contributed by atoms with Gasteiger partial charge in [-0.3, -0.25) is 9.59 Å². The number of carbonyl (C=O) groups excluding carboxylic acids is 2. The normalized spacial score (nSPS) is 34.2. The number of Topliss-reactive ketones (excluding diaryl/α,β-unsaturated/α-hetero) is 1. The number of esters is 1. The van der Waals surface area contributed by atoms with Gasteiger partial charge in [-0.1, -0.05) is 13.0 Å². The monoisotopic (exact) mass is 373 g/mol. The Kier molecular flexibility index (Phi) is 4.20. The summed E-state index contributed by atoms with van der Waals surface area (Å²) in [4.78, 5) is 40.0. The van der Waals surface area contributed by atoms with E-state index in [0.29, 0.717) is 18.6 Å². The molecule has 1 aromatic carbocycles. The minimum atomic E-state index is -0.730. The van der Waals surface area contributed by atoms with Crippen LogP contribution < -0.4 is 4.74 Å². The average molecular weight is 373 g/mol. The van der Waals surface area contributed by atoms with Crippen molar-refractivity contribution >= 4 is 11.8 Å². The summed E-state index contributed by atoms with van der Waals surface area (Å²) in [6, 6.07) is 5.49. The number of aryl methyl sites for hydroxylation is 1. The summed E-state index contributed by atoms with van der Waals surface area (Å²) >= 11 is 0. The Hall–Kier alpha value is -2.44. The highest BCUT2D eigenvalue weighted by molar-refractivity contribution is 5.87. The zero-order valence-corrected chi connectivity index (χ0v) is 15.5. The van der Waals surface area contributed by atoms with Crippen LogP contribution in [0.5, 0.6) is 5.75 Å². The lowest BCUT2D eigenvalue weighted by Crippen LogP contribution is -2.50. The number of nitrogens with zero attached hydrogens (tertiary/aromatic N) is 1. The molecule has 0 unspecified atom stereocenters. The minimum Gasteiger partial charge on any atom is -0.427 e. The van der Waals surface area contributed by atoms with Gasteiger partial charge in [0.2, 0.25) is 0 Å². The van der Waals surface area contributed by atoms with E-state index in [1.165, 1.54) is 6.92 Å². The van der Waals surface area contributed by atoms with Crippen molar-refractivity contribution in [2.24, 2.45) is 17.3 Å². The van der Waals surface area contributed by atoms with Gasteiger partial charge < -0.3 is 9.57 Å². The Morgan fingerprint density at radius 1 is 1.30 bits per heavy atom. The highest BCUT2D eigenvalue weighted by Gasteiger charge is 2.58. The fraction of sp³-hybridized carbons (Fsp3) is 0.600. The molecule has 0 aliphatic heterocycles. The Bertz CT molecular complexity index is 821. The summed E-state index contributed by atoms with van der Waals surface area (Å²) in [7, 11) is 0. The number of benzene rings is 1. The van der Waals surface area contributed by atoms with E-state index >= 15 is 0 Å². The number of rotatable bonds is 3. The zero-order valence-electron chi connectivity index (χ0n) is 15.5. The largest absolute Gasteiger partial charge is 0.427 e. The lowest BCUT2D eigenvalue weighted by molar-refractivity contribution is -0.771. The molecule has 3 aliphatic carbocycles. The summed E-state index contributed by atoms with van der Waals surface area (Å²) in [6.07, 6.45) is 2.80. The van der Waals surface area contributed by atoms with Crippen LogP contribution in [-0.2, 0) is 20.8 Å². The van der Waals surface area contributed by atoms with E-state index in [-0.39, 0.29) is 29.5 Å². The van der Waals surface area contributed by atoms with Gasteiger partial charge in [-0.15, -0.1) is 10.1 Å². The first-order chi connectivity index (χ1) is 12.8. The molecular formula is C20H23NO6. The minimum absolute atomic E-state index is 0.116. The van der Waals surface area contributed by atoms with Crippen molar-refractivity contribution in [3.63, 3.8) is 0 Å². The molecule has 0 bridgehead atoms. The maximum atomic E-state index is 12.6. The first-order valence-corrected chi connectivity index (χ1v) is 9.45. The van der Waals surface area contributed by atoms with E-state index < -0.39 is 16.6 Å². The molecule has 0 spiro atoms. The maximum Gasteiger partial charge on any atom is 0.308 e. The number of carbonyl (C=O) groups is 2. The summed E-state index contributed by atoms with van der Waals surface area (Å²) < 4.78 is 5.18. The third-order valence-electron chi connectivity index (χ3n) is 6.85. The number of hydrogen-bond acceptors (Lipinski definition) is 6. The first-order valence-electron chi connectivity index (χ1n) is 9.45. The van der Waals surface area contributed by atoms with Gasteiger partial charge in [0.1, 0.15) is 17.6 Å². The molecule has 27 heavy (non-hydrogen) atoms. The molecule has 1 aromatic rings. The second-order valence-corrected chi connectivity index (χ2v) is 8.24. The van der Waals surface area contributed by atoms with E-state index in [0.717, 1.165) is 30.4 Å². The van der Waals surface area contributed by atoms with Crippen molar-refractivity contribution in [2.45, 2.75) is 58.0 Å². The Balaban J connectivity index is 1.74. The molecule has 0 amide bonds. The highest BCUT2D eigenvalue weighted by atomic mass is 17.0. The molecule has 0 radical (unpaired) electrons. The van der Waals surface area contributed by atoms with Crippen molar-refractivity contribution < 1.29 is 24.3 Å². The second kappa shape index (κ2) is 6.32. The van der Waals surface area contributed by atoms with Gasteiger partial charge in [-0.05, 0) is 60.8 Å². The Labute approximate surface area is 157 Å². The zero-order chi connectivity index (χ0) is 19.3. The maximum absolute atomic E-state index is 12.6. The van der Waals surface area contributed by atoms with Gasteiger partial charge in [-0.25, -0.2) is 0 Å². The molecule has 3 aliphatic rings. The van der Waals surface area contributed by atoms with Crippen molar-refractivity contribution in [3.05, 3.63) is 39.4 Å². The summed E-state index contributed by atoms with van der Waals surface area (Å²) in [6.45, 7) is 3.31. The van der Waals surface area contributed by atoms with Crippen LogP contribution in [0.15, 0.2) is 18.2 Å². The lowest BCUT2D eigenvalue weighted by atomic mass is 9.54. The molecule has 0 N–H and O–H groups in total. The first kappa shape index (κ1) is 17.9. The molecule has 0 aromatic heterocycles. The second-order valence-electron chi connectivity index (χ2n) is 8.24. The smallest absolute Gasteiger partial charge is 0.308 e. The van der Waals surface area contributed by atoms with Crippen molar-refractivity contribution in [1.29, 1.82) is 0 Å². The summed E-state index contributed by atoms with van der Waals surface area (Å²) in [5.41, 5.74) is 1.53. The molecular weight excluding hydrogens is 350 g/mol. The number of ether oxygens (including phenoxy) is 1. The van der Waals surface area contributed by atoms with Crippen molar-refractivity contribution in [3.8, 4) is 5.75 Å². The standard InChI is InChI=1S/C20H23NO6/c1-11(22)26-13-4-6-14-12(9-13)3-5-15-16-7-8-18(23)20(16,2)10-17(19(14)15)27-21(24)25/h4,6,9,15-17,19H,3,5,7-8,10H2,1-2H3/t15-,16-,17-,19+,20-/m0/s1. The number of hydrogen-bond donors (Lipinski definition) is 0. The topological polar surface area (TPSA) is 95.7 Å². The predicted octanol–water partition coefficient (Wildman–Crippen LogP) is 3.22. The van der Waals surface area contributed by atoms with Crippen LogP contribution in [0.25, 0.3) is 0 Å². The highest BCUT2D eigenvalue weighted by Crippen LogP contribution is 2.60. The molecule has 7 heteroatoms. The number of ketones is 1. The van der Waals surface area contributed by atoms with Gasteiger partial charge in [0.15, 0.2) is 0 Å². The van der Waals surface area contributed by atoms with Gasteiger partial charge in [0.25, 0.3) is 5.09 Å². The summed E-state index contributed by atoms with van der Waals surface area (Å²) in [5, 5.41) is 10.4. The van der Waals surface area contributed by atoms with Crippen molar-refractivity contribution in [1.82, 2.24) is 0 Å². The Morgan fingerprint density at radius 2 is 2.07 bits per heavy atom. The lowest BCUT2D eigenvalue weighted by Gasteiger charge is -2.51. The van der Waals surface area contributed by atoms with E-state index in [1.807, 2.05) is 19.1 Å². The van der Waals surface area contributed by atoms with Crippen molar-refractivity contribution in [2.75, 3.05) is 0 Å². The quantitative estimate of drug-likeness (QED) is 0.349. The van der Waals surface area contributed by atoms with Crippen LogP contribution in [0.1, 0.15) is 56.6 Å². The molecule has 4 rings (SSSR count). The summed E-state index contributed by atoms with van der Waals surface area (Å²) in [5.74, 6) is 0.628. The van der Waals surface area contributed by atoms with Crippen LogP contribution in [0.4, 0.5) is 0 Å². The van der Waals surface area contributed by atoms with Gasteiger partial charge in [0, 0.05) is 24.7 Å². The Morgan fingerprint density at radius 3 is 2.78 bits per heavy atom. The molecule has 0 saturated heterocycles. The molecule has 2 fully saturated rings. The predicted molar refractivity (Wildman–Crippen MR) is 94.6 cm³/mol. The van der Waals surface area contributed by atoms with Crippen LogP contribution >= 0.6 is 0 Å². The molecule has 2 saturated carbocycles. The van der Waals surface area contributed by atoms with Crippen LogP contribution in [0, 0.1) is 27.4 Å². The third kappa shape index (κ3) is 2.89. The van der Waals surface area contributed by atoms with Crippen LogP contribution in [0.3, 0.4) is 0 Å².